The summed E-state index contributed by atoms with van der Waals surface area (Å²) in [5.41, 5.74) is 1.01. The smallest absolute Gasteiger partial charge is 0.308 e. The molecule has 0 bridgehead atoms. The van der Waals surface area contributed by atoms with E-state index in [0.717, 1.165) is 0 Å². The van der Waals surface area contributed by atoms with Crippen LogP contribution in [0, 0.1) is 0 Å². The van der Waals surface area contributed by atoms with Gasteiger partial charge in [0.1, 0.15) is 0 Å². The molecule has 0 saturated carbocycles. The van der Waals surface area contributed by atoms with Gasteiger partial charge in [-0.15, -0.1) is 10.2 Å². The number of halogens is 1. The van der Waals surface area contributed by atoms with Gasteiger partial charge in [0.05, 0.1) is 10.9 Å². The van der Waals surface area contributed by atoms with Gasteiger partial charge in [-0.1, -0.05) is 23.7 Å². The van der Waals surface area contributed by atoms with Crippen molar-refractivity contribution >= 4 is 45.9 Å². The van der Waals surface area contributed by atoms with Gasteiger partial charge in [0.2, 0.25) is 11.7 Å². The molecule has 9 heteroatoms. The number of hydrogen-bond acceptors (Lipinski definition) is 4. The van der Waals surface area contributed by atoms with Crippen molar-refractivity contribution in [3.05, 3.63) is 63.9 Å². The highest BCUT2D eigenvalue weighted by atomic mass is 35.5. The summed E-state index contributed by atoms with van der Waals surface area (Å²) in [6.45, 7) is 0. The van der Waals surface area contributed by atoms with Crippen molar-refractivity contribution in [1.82, 2.24) is 19.2 Å². The molecule has 0 radical (unpaired) electrons. The fourth-order valence-corrected chi connectivity index (χ4v) is 2.84. The lowest BCUT2D eigenvalue weighted by Crippen LogP contribution is -2.23. The van der Waals surface area contributed by atoms with E-state index in [1.165, 1.54) is 4.57 Å². The molecular formula is C17H13ClN6O2. The van der Waals surface area contributed by atoms with Crippen LogP contribution in [-0.2, 0) is 7.05 Å². The quantitative estimate of drug-likeness (QED) is 0.569. The standard InChI is InChI=1S/C17H13ClN6O2/c1-23-14(25)12-4-2-3-5-13(12)24-15(21-22-17(23)24)20-16(26)19-11-8-6-10(18)7-9-11/h2-9H,1H3,(H2,19,20,21,26). The van der Waals surface area contributed by atoms with E-state index < -0.39 is 6.03 Å². The first-order valence-electron chi connectivity index (χ1n) is 7.71. The highest BCUT2D eigenvalue weighted by molar-refractivity contribution is 6.30. The summed E-state index contributed by atoms with van der Waals surface area (Å²) in [5.74, 6) is 0.536. The lowest BCUT2D eigenvalue weighted by molar-refractivity contribution is 0.262. The van der Waals surface area contributed by atoms with E-state index in [-0.39, 0.29) is 11.5 Å². The molecule has 0 atom stereocenters. The number of carbonyl (C=O) groups is 1. The van der Waals surface area contributed by atoms with Crippen LogP contribution in [0.3, 0.4) is 0 Å². The minimum absolute atomic E-state index is 0.183. The first-order chi connectivity index (χ1) is 12.5. The maximum atomic E-state index is 12.4. The Bertz CT molecular complexity index is 1200. The Balaban J connectivity index is 1.74. The van der Waals surface area contributed by atoms with Crippen LogP contribution in [0.15, 0.2) is 53.3 Å². The third-order valence-electron chi connectivity index (χ3n) is 3.95. The van der Waals surface area contributed by atoms with E-state index in [1.807, 2.05) is 0 Å². The molecule has 0 aliphatic carbocycles. The van der Waals surface area contributed by atoms with Gasteiger partial charge in [0.25, 0.3) is 5.56 Å². The van der Waals surface area contributed by atoms with E-state index in [1.54, 1.807) is 60.0 Å². The van der Waals surface area contributed by atoms with Crippen molar-refractivity contribution in [2.75, 3.05) is 10.6 Å². The zero-order valence-electron chi connectivity index (χ0n) is 13.6. The number of fused-ring (bicyclic) bond motifs is 3. The van der Waals surface area contributed by atoms with Crippen molar-refractivity contribution in [3.63, 3.8) is 0 Å². The van der Waals surface area contributed by atoms with Crippen molar-refractivity contribution in [2.24, 2.45) is 7.05 Å². The van der Waals surface area contributed by atoms with Crippen LogP contribution >= 0.6 is 11.6 Å². The number of aryl methyl sites for hydroxylation is 1. The van der Waals surface area contributed by atoms with Gasteiger partial charge in [0, 0.05) is 17.8 Å². The molecule has 2 aromatic carbocycles. The number of amides is 2. The number of benzene rings is 2. The number of nitrogens with one attached hydrogen (secondary N) is 2. The highest BCUT2D eigenvalue weighted by Crippen LogP contribution is 2.17. The molecule has 2 N–H and O–H groups in total. The molecule has 26 heavy (non-hydrogen) atoms. The second kappa shape index (κ2) is 6.16. The minimum atomic E-state index is -0.487. The van der Waals surface area contributed by atoms with Gasteiger partial charge >= 0.3 is 6.03 Å². The first kappa shape index (κ1) is 16.1. The summed E-state index contributed by atoms with van der Waals surface area (Å²) in [7, 11) is 1.61. The van der Waals surface area contributed by atoms with Crippen LogP contribution in [0.1, 0.15) is 0 Å². The number of urea groups is 1. The topological polar surface area (TPSA) is 93.3 Å². The van der Waals surface area contributed by atoms with Crippen molar-refractivity contribution in [3.8, 4) is 0 Å². The summed E-state index contributed by atoms with van der Waals surface area (Å²) >= 11 is 5.83. The minimum Gasteiger partial charge on any atom is -0.308 e. The number of carbonyl (C=O) groups excluding carboxylic acids is 1. The Morgan fingerprint density at radius 3 is 2.54 bits per heavy atom. The number of rotatable bonds is 2. The molecule has 0 fully saturated rings. The lowest BCUT2D eigenvalue weighted by atomic mass is 10.2. The maximum absolute atomic E-state index is 12.4. The molecule has 2 heterocycles. The van der Waals surface area contributed by atoms with E-state index in [2.05, 4.69) is 20.8 Å². The maximum Gasteiger partial charge on any atom is 0.326 e. The Labute approximate surface area is 152 Å². The third-order valence-corrected chi connectivity index (χ3v) is 4.21. The largest absolute Gasteiger partial charge is 0.326 e. The van der Waals surface area contributed by atoms with Gasteiger partial charge in [-0.3, -0.25) is 14.7 Å². The Hall–Kier alpha value is -3.39. The Morgan fingerprint density at radius 2 is 1.77 bits per heavy atom. The average molecular weight is 369 g/mol. The van der Waals surface area contributed by atoms with E-state index >= 15 is 0 Å². The van der Waals surface area contributed by atoms with E-state index in [4.69, 9.17) is 11.6 Å². The lowest BCUT2D eigenvalue weighted by Gasteiger charge is -2.09. The zero-order valence-corrected chi connectivity index (χ0v) is 14.4. The Morgan fingerprint density at radius 1 is 1.04 bits per heavy atom. The average Bonchev–Trinajstić information content (AvgIpc) is 3.05. The Kier molecular flexibility index (Phi) is 3.81. The summed E-state index contributed by atoms with van der Waals surface area (Å²) in [6.07, 6.45) is 0. The third kappa shape index (κ3) is 2.66. The van der Waals surface area contributed by atoms with Gasteiger partial charge in [0.15, 0.2) is 0 Å². The number of hydrogen-bond donors (Lipinski definition) is 2. The second-order valence-electron chi connectivity index (χ2n) is 5.63. The van der Waals surface area contributed by atoms with Crippen LogP contribution in [0.5, 0.6) is 0 Å². The van der Waals surface area contributed by atoms with Crippen LogP contribution in [0.25, 0.3) is 16.7 Å². The fraction of sp³-hybridized carbons (Fsp3) is 0.0588. The van der Waals surface area contributed by atoms with Crippen molar-refractivity contribution < 1.29 is 4.79 Å². The number of anilines is 2. The normalized spacial score (nSPS) is 11.0. The predicted molar refractivity (Wildman–Crippen MR) is 99.8 cm³/mol. The predicted octanol–water partition coefficient (Wildman–Crippen LogP) is 2.88. The number of nitrogens with zero attached hydrogens (tertiary/aromatic N) is 4. The fourth-order valence-electron chi connectivity index (χ4n) is 2.71. The van der Waals surface area contributed by atoms with Gasteiger partial charge in [-0.25, -0.2) is 9.20 Å². The molecule has 130 valence electrons. The van der Waals surface area contributed by atoms with Crippen molar-refractivity contribution in [1.29, 1.82) is 0 Å². The van der Waals surface area contributed by atoms with Gasteiger partial charge < -0.3 is 5.32 Å². The zero-order chi connectivity index (χ0) is 18.3. The second-order valence-corrected chi connectivity index (χ2v) is 6.06. The summed E-state index contributed by atoms with van der Waals surface area (Å²) in [4.78, 5) is 24.7. The van der Waals surface area contributed by atoms with E-state index in [0.29, 0.717) is 27.4 Å². The summed E-state index contributed by atoms with van der Waals surface area (Å²) in [6, 6.07) is 13.3. The molecule has 0 aliphatic heterocycles. The number of para-hydroxylation sites is 1. The first-order valence-corrected chi connectivity index (χ1v) is 8.09. The SMILES string of the molecule is Cn1c(=O)c2ccccc2n2c(NC(=O)Nc3ccc(Cl)cc3)nnc12. The summed E-state index contributed by atoms with van der Waals surface area (Å²) in [5, 5.41) is 14.4. The molecular weight excluding hydrogens is 356 g/mol. The van der Waals surface area contributed by atoms with Crippen LogP contribution in [0.2, 0.25) is 5.02 Å². The molecule has 0 saturated heterocycles. The van der Waals surface area contributed by atoms with Crippen LogP contribution in [0.4, 0.5) is 16.4 Å². The molecule has 8 nitrogen and oxygen atoms in total. The van der Waals surface area contributed by atoms with Crippen LogP contribution in [-0.4, -0.2) is 25.2 Å². The molecule has 0 unspecified atom stereocenters. The molecule has 2 aromatic heterocycles. The molecule has 4 rings (SSSR count). The number of aromatic nitrogens is 4. The molecule has 0 spiro atoms. The molecule has 4 aromatic rings. The van der Waals surface area contributed by atoms with Crippen molar-refractivity contribution in [2.45, 2.75) is 0 Å². The van der Waals surface area contributed by atoms with E-state index in [9.17, 15) is 9.59 Å². The van der Waals surface area contributed by atoms with Crippen LogP contribution < -0.4 is 16.2 Å². The highest BCUT2D eigenvalue weighted by Gasteiger charge is 2.16. The summed E-state index contributed by atoms with van der Waals surface area (Å²) < 4.78 is 3.01. The monoisotopic (exact) mass is 368 g/mol. The van der Waals surface area contributed by atoms with Gasteiger partial charge in [-0.2, -0.15) is 0 Å². The van der Waals surface area contributed by atoms with Gasteiger partial charge in [-0.05, 0) is 36.4 Å². The molecule has 2 amide bonds. The molecule has 0 aliphatic rings.